The predicted molar refractivity (Wildman–Crippen MR) is 128 cm³/mol. The van der Waals surface area contributed by atoms with Crippen molar-refractivity contribution >= 4 is 29.0 Å². The zero-order valence-corrected chi connectivity index (χ0v) is 20.4. The molecule has 1 unspecified atom stereocenters. The molecule has 3 heterocycles. The number of rotatable bonds is 8. The number of nitrogens with zero attached hydrogens (tertiary/aromatic N) is 5. The monoisotopic (exact) mass is 518 g/mol. The van der Waals surface area contributed by atoms with Crippen LogP contribution in [0.15, 0.2) is 59.3 Å². The Morgan fingerprint density at radius 2 is 1.97 bits per heavy atom. The second-order valence-electron chi connectivity index (χ2n) is 7.62. The van der Waals surface area contributed by atoms with Crippen molar-refractivity contribution in [1.82, 2.24) is 30.0 Å². The highest BCUT2D eigenvalue weighted by atomic mass is 32.2. The smallest absolute Gasteiger partial charge is 0.348 e. The fourth-order valence-electron chi connectivity index (χ4n) is 3.11. The first-order valence-corrected chi connectivity index (χ1v) is 12.5. The lowest BCUT2D eigenvalue weighted by atomic mass is 10.2. The number of benzene rings is 1. The number of aromatic nitrogens is 5. The van der Waals surface area contributed by atoms with E-state index in [1.165, 1.54) is 29.2 Å². The molecular formula is C23H21F3N6OS2. The van der Waals surface area contributed by atoms with Gasteiger partial charge in [0.1, 0.15) is 10.7 Å². The summed E-state index contributed by atoms with van der Waals surface area (Å²) in [6.07, 6.45) is -0.519. The lowest BCUT2D eigenvalue weighted by Gasteiger charge is -2.13. The number of nitrogens with one attached hydrogen (secondary N) is 1. The molecule has 0 bridgehead atoms. The van der Waals surface area contributed by atoms with Crippen LogP contribution in [0.25, 0.3) is 17.1 Å². The number of alkyl halides is 3. The van der Waals surface area contributed by atoms with E-state index in [1.54, 1.807) is 40.5 Å². The van der Waals surface area contributed by atoms with Gasteiger partial charge in [-0.2, -0.15) is 13.2 Å². The summed E-state index contributed by atoms with van der Waals surface area (Å²) in [4.78, 5) is 20.7. The van der Waals surface area contributed by atoms with E-state index < -0.39 is 11.7 Å². The van der Waals surface area contributed by atoms with Crippen LogP contribution in [-0.2, 0) is 11.9 Å². The van der Waals surface area contributed by atoms with E-state index in [4.69, 9.17) is 0 Å². The van der Waals surface area contributed by atoms with Gasteiger partial charge in [0.25, 0.3) is 5.91 Å². The zero-order chi connectivity index (χ0) is 25.0. The van der Waals surface area contributed by atoms with Gasteiger partial charge in [0.2, 0.25) is 0 Å². The van der Waals surface area contributed by atoms with Crippen LogP contribution >= 0.6 is 23.1 Å². The minimum Gasteiger partial charge on any atom is -0.348 e. The van der Waals surface area contributed by atoms with Crippen LogP contribution in [-0.4, -0.2) is 36.7 Å². The number of thiazole rings is 1. The first-order valence-electron chi connectivity index (χ1n) is 10.7. The molecule has 7 nitrogen and oxygen atoms in total. The van der Waals surface area contributed by atoms with E-state index >= 15 is 0 Å². The standard InChI is InChI=1S/C23H21F3N6OS2/c1-3-14(2)28-21(33)18-12-34-19(29-18)13-35-22-31-30-20(15-7-9-27-10-8-15)32(22)17-6-4-5-16(11-17)23(24,25)26/h4-12,14H,3,13H2,1-2H3,(H,28,33). The predicted octanol–water partition coefficient (Wildman–Crippen LogP) is 5.63. The van der Waals surface area contributed by atoms with E-state index in [0.29, 0.717) is 33.0 Å². The maximum Gasteiger partial charge on any atom is 0.416 e. The number of hydrogen-bond acceptors (Lipinski definition) is 7. The van der Waals surface area contributed by atoms with Gasteiger partial charge < -0.3 is 5.32 Å². The van der Waals surface area contributed by atoms with Gasteiger partial charge in [-0.05, 0) is 43.7 Å². The number of carbonyl (C=O) groups excluding carboxylic acids is 1. The molecule has 0 fully saturated rings. The largest absolute Gasteiger partial charge is 0.416 e. The van der Waals surface area contributed by atoms with Crippen LogP contribution in [0.1, 0.15) is 41.3 Å². The Hall–Kier alpha value is -3.25. The summed E-state index contributed by atoms with van der Waals surface area (Å²) in [6.45, 7) is 3.90. The molecule has 0 saturated heterocycles. The topological polar surface area (TPSA) is 85.6 Å². The van der Waals surface area contributed by atoms with Gasteiger partial charge >= 0.3 is 6.18 Å². The molecule has 0 aliphatic rings. The summed E-state index contributed by atoms with van der Waals surface area (Å²) in [5.74, 6) is 0.523. The number of hydrogen-bond donors (Lipinski definition) is 1. The van der Waals surface area contributed by atoms with Crippen molar-refractivity contribution in [3.05, 3.63) is 70.4 Å². The summed E-state index contributed by atoms with van der Waals surface area (Å²) >= 11 is 2.61. The van der Waals surface area contributed by atoms with Crippen molar-refractivity contribution in [2.75, 3.05) is 0 Å². The Morgan fingerprint density at radius 1 is 1.20 bits per heavy atom. The van der Waals surface area contributed by atoms with Crippen LogP contribution in [0, 0.1) is 0 Å². The van der Waals surface area contributed by atoms with Crippen molar-refractivity contribution in [3.63, 3.8) is 0 Å². The molecule has 182 valence electrons. The first kappa shape index (κ1) is 24.9. The van der Waals surface area contributed by atoms with Gasteiger partial charge in [0, 0.05) is 29.4 Å². The van der Waals surface area contributed by atoms with Crippen molar-refractivity contribution < 1.29 is 18.0 Å². The Morgan fingerprint density at radius 3 is 2.69 bits per heavy atom. The Kier molecular flexibility index (Phi) is 7.51. The summed E-state index contributed by atoms with van der Waals surface area (Å²) in [5.41, 5.74) is 0.516. The van der Waals surface area contributed by atoms with E-state index in [1.807, 2.05) is 13.8 Å². The molecule has 1 atom stereocenters. The van der Waals surface area contributed by atoms with Gasteiger partial charge in [-0.25, -0.2) is 4.98 Å². The van der Waals surface area contributed by atoms with Gasteiger partial charge in [0.05, 0.1) is 17.0 Å². The second kappa shape index (κ2) is 10.6. The number of amides is 1. The van der Waals surface area contributed by atoms with Crippen LogP contribution in [0.5, 0.6) is 0 Å². The third-order valence-corrected chi connectivity index (χ3v) is 7.07. The Bertz CT molecular complexity index is 1310. The first-order chi connectivity index (χ1) is 16.8. The number of pyridine rings is 1. The van der Waals surface area contributed by atoms with E-state index in [-0.39, 0.29) is 17.6 Å². The van der Waals surface area contributed by atoms with Crippen LogP contribution in [0.4, 0.5) is 13.2 Å². The average Bonchev–Trinajstić information content (AvgIpc) is 3.50. The number of thioether (sulfide) groups is 1. The van der Waals surface area contributed by atoms with Crippen molar-refractivity contribution in [2.24, 2.45) is 0 Å². The third kappa shape index (κ3) is 5.88. The van der Waals surface area contributed by atoms with E-state index in [9.17, 15) is 18.0 Å². The van der Waals surface area contributed by atoms with E-state index in [2.05, 4.69) is 25.5 Å². The minimum atomic E-state index is -4.48. The molecule has 0 aliphatic heterocycles. The lowest BCUT2D eigenvalue weighted by molar-refractivity contribution is -0.137. The Balaban J connectivity index is 1.63. The number of halogens is 3. The van der Waals surface area contributed by atoms with Crippen molar-refractivity contribution in [2.45, 2.75) is 43.4 Å². The van der Waals surface area contributed by atoms with Gasteiger partial charge in [-0.15, -0.1) is 21.5 Å². The average molecular weight is 519 g/mol. The van der Waals surface area contributed by atoms with Gasteiger partial charge in [-0.3, -0.25) is 14.3 Å². The third-order valence-electron chi connectivity index (χ3n) is 5.10. The molecule has 35 heavy (non-hydrogen) atoms. The fraction of sp³-hybridized carbons (Fsp3) is 0.261. The molecule has 0 spiro atoms. The highest BCUT2D eigenvalue weighted by Crippen LogP contribution is 2.34. The van der Waals surface area contributed by atoms with Crippen LogP contribution < -0.4 is 5.32 Å². The Labute approximate surface area is 207 Å². The summed E-state index contributed by atoms with van der Waals surface area (Å²) in [5, 5.41) is 14.1. The molecule has 3 aromatic heterocycles. The maximum atomic E-state index is 13.4. The SMILES string of the molecule is CCC(C)NC(=O)c1csc(CSc2nnc(-c3ccncc3)n2-c2cccc(C(F)(F)F)c2)n1. The zero-order valence-electron chi connectivity index (χ0n) is 18.8. The van der Waals surface area contributed by atoms with Crippen molar-refractivity contribution in [3.8, 4) is 17.1 Å². The molecule has 1 N–H and O–H groups in total. The molecule has 0 saturated carbocycles. The molecule has 12 heteroatoms. The lowest BCUT2D eigenvalue weighted by Crippen LogP contribution is -2.32. The summed E-state index contributed by atoms with van der Waals surface area (Å²) < 4.78 is 41.7. The molecule has 4 rings (SSSR count). The maximum absolute atomic E-state index is 13.4. The summed E-state index contributed by atoms with van der Waals surface area (Å²) in [7, 11) is 0. The van der Waals surface area contributed by atoms with Crippen LogP contribution in [0.2, 0.25) is 0 Å². The van der Waals surface area contributed by atoms with Gasteiger partial charge in [0.15, 0.2) is 11.0 Å². The molecule has 1 amide bonds. The van der Waals surface area contributed by atoms with Crippen molar-refractivity contribution in [1.29, 1.82) is 0 Å². The highest BCUT2D eigenvalue weighted by Gasteiger charge is 2.31. The van der Waals surface area contributed by atoms with Crippen LogP contribution in [0.3, 0.4) is 0 Å². The van der Waals surface area contributed by atoms with E-state index in [0.717, 1.165) is 18.6 Å². The fourth-order valence-corrected chi connectivity index (χ4v) is 4.86. The quantitative estimate of drug-likeness (QED) is 0.305. The van der Waals surface area contributed by atoms with Gasteiger partial charge in [-0.1, -0.05) is 24.8 Å². The summed E-state index contributed by atoms with van der Waals surface area (Å²) in [6, 6.07) is 8.49. The minimum absolute atomic E-state index is 0.0413. The number of carbonyl (C=O) groups is 1. The molecular weight excluding hydrogens is 497 g/mol. The second-order valence-corrected chi connectivity index (χ2v) is 9.51. The molecule has 4 aromatic rings. The molecule has 1 aromatic carbocycles. The molecule has 0 aliphatic carbocycles. The highest BCUT2D eigenvalue weighted by molar-refractivity contribution is 7.98. The normalized spacial score (nSPS) is 12.5. The molecule has 0 radical (unpaired) electrons.